The van der Waals surface area contributed by atoms with Crippen LogP contribution in [-0.2, 0) is 12.8 Å². The maximum Gasteiger partial charge on any atom is 0.182 e. The van der Waals surface area contributed by atoms with Gasteiger partial charge in [-0.3, -0.25) is 4.57 Å². The van der Waals surface area contributed by atoms with Crippen LogP contribution in [0.5, 0.6) is 0 Å². The summed E-state index contributed by atoms with van der Waals surface area (Å²) in [6, 6.07) is 6.76. The molecule has 0 saturated carbocycles. The Hall–Kier alpha value is -1.35. The molecule has 1 aromatic carbocycles. The van der Waals surface area contributed by atoms with E-state index in [4.69, 9.17) is 12.2 Å². The Morgan fingerprint density at radius 2 is 2.00 bits per heavy atom. The van der Waals surface area contributed by atoms with E-state index in [2.05, 4.69) is 41.6 Å². The number of imidazole rings is 1. The fourth-order valence-electron chi connectivity index (χ4n) is 2.77. The van der Waals surface area contributed by atoms with E-state index in [1.54, 1.807) is 0 Å². The molecule has 0 spiro atoms. The quantitative estimate of drug-likeness (QED) is 0.803. The van der Waals surface area contributed by atoms with E-state index >= 15 is 0 Å². The van der Waals surface area contributed by atoms with E-state index in [0.29, 0.717) is 5.92 Å². The van der Waals surface area contributed by atoms with E-state index in [0.717, 1.165) is 4.77 Å². The lowest BCUT2D eigenvalue weighted by molar-refractivity contribution is 0.783. The number of rotatable bonds is 2. The Bertz CT molecular complexity index is 634. The van der Waals surface area contributed by atoms with Crippen molar-refractivity contribution in [2.45, 2.75) is 39.0 Å². The molecule has 1 aromatic heterocycles. The molecule has 1 N–H and O–H groups in total. The number of hydrogen-bond acceptors (Lipinski definition) is 1. The summed E-state index contributed by atoms with van der Waals surface area (Å²) >= 11 is 5.41. The van der Waals surface area contributed by atoms with Crippen molar-refractivity contribution in [3.8, 4) is 5.69 Å². The summed E-state index contributed by atoms with van der Waals surface area (Å²) in [6.45, 7) is 4.39. The summed E-state index contributed by atoms with van der Waals surface area (Å²) in [6.07, 6.45) is 5.75. The fraction of sp³-hybridized carbons (Fsp3) is 0.400. The maximum atomic E-state index is 5.41. The Balaban J connectivity index is 2.15. The van der Waals surface area contributed by atoms with Crippen LogP contribution in [0.2, 0.25) is 0 Å². The second-order valence-electron chi connectivity index (χ2n) is 5.32. The van der Waals surface area contributed by atoms with Crippen molar-refractivity contribution in [2.24, 2.45) is 0 Å². The van der Waals surface area contributed by atoms with Gasteiger partial charge in [0.05, 0.1) is 0 Å². The molecule has 3 heteroatoms. The van der Waals surface area contributed by atoms with Gasteiger partial charge in [0.15, 0.2) is 4.77 Å². The number of nitrogens with one attached hydrogen (secondary N) is 1. The van der Waals surface area contributed by atoms with Crippen LogP contribution >= 0.6 is 12.2 Å². The molecule has 18 heavy (non-hydrogen) atoms. The highest BCUT2D eigenvalue weighted by Gasteiger charge is 2.14. The molecular weight excluding hydrogens is 240 g/mol. The Morgan fingerprint density at radius 1 is 1.22 bits per heavy atom. The second-order valence-corrected chi connectivity index (χ2v) is 5.70. The van der Waals surface area contributed by atoms with Crippen molar-refractivity contribution >= 4 is 12.2 Å². The van der Waals surface area contributed by atoms with Gasteiger partial charge in [-0.25, -0.2) is 0 Å². The minimum atomic E-state index is 0.464. The first-order valence-corrected chi connectivity index (χ1v) is 7.00. The van der Waals surface area contributed by atoms with E-state index in [1.165, 1.54) is 41.8 Å². The van der Waals surface area contributed by atoms with Gasteiger partial charge >= 0.3 is 0 Å². The van der Waals surface area contributed by atoms with Gasteiger partial charge in [-0.1, -0.05) is 19.9 Å². The first-order chi connectivity index (χ1) is 8.66. The first kappa shape index (κ1) is 11.7. The van der Waals surface area contributed by atoms with Gasteiger partial charge in [-0.2, -0.15) is 0 Å². The van der Waals surface area contributed by atoms with E-state index in [9.17, 15) is 0 Å². The van der Waals surface area contributed by atoms with Crippen molar-refractivity contribution in [3.63, 3.8) is 0 Å². The minimum Gasteiger partial charge on any atom is -0.337 e. The lowest BCUT2D eigenvalue weighted by Crippen LogP contribution is -2.02. The third kappa shape index (κ3) is 1.83. The highest BCUT2D eigenvalue weighted by Crippen LogP contribution is 2.26. The summed E-state index contributed by atoms with van der Waals surface area (Å²) < 4.78 is 2.95. The lowest BCUT2D eigenvalue weighted by Gasteiger charge is -2.12. The van der Waals surface area contributed by atoms with Crippen molar-refractivity contribution in [2.75, 3.05) is 0 Å². The normalized spacial score (nSPS) is 14.2. The fourth-order valence-corrected chi connectivity index (χ4v) is 3.04. The van der Waals surface area contributed by atoms with Crippen molar-refractivity contribution in [1.29, 1.82) is 0 Å². The maximum absolute atomic E-state index is 5.41. The Labute approximate surface area is 113 Å². The summed E-state index contributed by atoms with van der Waals surface area (Å²) in [5.41, 5.74) is 5.45. The van der Waals surface area contributed by atoms with Gasteiger partial charge in [0.25, 0.3) is 0 Å². The number of fused-ring (bicyclic) bond motifs is 1. The second kappa shape index (κ2) is 4.39. The molecule has 1 aliphatic carbocycles. The zero-order valence-electron chi connectivity index (χ0n) is 10.9. The van der Waals surface area contributed by atoms with Crippen LogP contribution < -0.4 is 0 Å². The number of aromatic amines is 1. The highest BCUT2D eigenvalue weighted by molar-refractivity contribution is 7.71. The SMILES string of the molecule is CC(C)c1c[nH]c(=S)n1-c1ccc2c(c1)CCC2. The van der Waals surface area contributed by atoms with Crippen LogP contribution in [0.15, 0.2) is 24.4 Å². The summed E-state index contributed by atoms with van der Waals surface area (Å²) in [7, 11) is 0. The van der Waals surface area contributed by atoms with Crippen LogP contribution in [0.25, 0.3) is 5.69 Å². The van der Waals surface area contributed by atoms with Crippen molar-refractivity contribution in [3.05, 3.63) is 46.0 Å². The molecule has 2 aromatic rings. The van der Waals surface area contributed by atoms with Gasteiger partial charge in [-0.15, -0.1) is 0 Å². The molecule has 1 aliphatic rings. The van der Waals surface area contributed by atoms with E-state index < -0.39 is 0 Å². The predicted octanol–water partition coefficient (Wildman–Crippen LogP) is 4.15. The number of aryl methyl sites for hydroxylation is 2. The zero-order chi connectivity index (χ0) is 12.7. The predicted molar refractivity (Wildman–Crippen MR) is 77.1 cm³/mol. The van der Waals surface area contributed by atoms with E-state index in [-0.39, 0.29) is 0 Å². The standard InChI is InChI=1S/C15H18N2S/c1-10(2)14-9-16-15(18)17(14)13-7-6-11-4-3-5-12(11)8-13/h6-10H,3-5H2,1-2H3,(H,16,18). The smallest absolute Gasteiger partial charge is 0.182 e. The van der Waals surface area contributed by atoms with Crippen LogP contribution in [0, 0.1) is 4.77 Å². The van der Waals surface area contributed by atoms with Crippen molar-refractivity contribution < 1.29 is 0 Å². The molecule has 3 rings (SSSR count). The monoisotopic (exact) mass is 258 g/mol. The van der Waals surface area contributed by atoms with Crippen LogP contribution in [0.1, 0.15) is 43.0 Å². The third-order valence-electron chi connectivity index (χ3n) is 3.74. The topological polar surface area (TPSA) is 20.7 Å². The molecule has 0 amide bonds. The molecule has 1 heterocycles. The highest BCUT2D eigenvalue weighted by atomic mass is 32.1. The molecular formula is C15H18N2S. The third-order valence-corrected chi connectivity index (χ3v) is 4.04. The average molecular weight is 258 g/mol. The Kier molecular flexibility index (Phi) is 2.86. The molecule has 0 unspecified atom stereocenters. The van der Waals surface area contributed by atoms with Crippen LogP contribution in [0.3, 0.4) is 0 Å². The average Bonchev–Trinajstić information content (AvgIpc) is 2.93. The Morgan fingerprint density at radius 3 is 2.78 bits per heavy atom. The van der Waals surface area contributed by atoms with Gasteiger partial charge in [0, 0.05) is 17.6 Å². The van der Waals surface area contributed by atoms with E-state index in [1.807, 2.05) is 6.20 Å². The zero-order valence-corrected chi connectivity index (χ0v) is 11.7. The minimum absolute atomic E-state index is 0.464. The number of aromatic nitrogens is 2. The molecule has 94 valence electrons. The van der Waals surface area contributed by atoms with Crippen molar-refractivity contribution in [1.82, 2.24) is 9.55 Å². The summed E-state index contributed by atoms with van der Waals surface area (Å²) in [4.78, 5) is 3.16. The molecule has 0 fully saturated rings. The molecule has 0 atom stereocenters. The molecule has 0 radical (unpaired) electrons. The number of benzene rings is 1. The number of H-pyrrole nitrogens is 1. The molecule has 0 saturated heterocycles. The lowest BCUT2D eigenvalue weighted by atomic mass is 10.1. The van der Waals surface area contributed by atoms with Crippen LogP contribution in [-0.4, -0.2) is 9.55 Å². The molecule has 2 nitrogen and oxygen atoms in total. The number of hydrogen-bond donors (Lipinski definition) is 1. The molecule has 0 aliphatic heterocycles. The summed E-state index contributed by atoms with van der Waals surface area (Å²) in [5, 5.41) is 0. The molecule has 0 bridgehead atoms. The number of nitrogens with zero attached hydrogens (tertiary/aromatic N) is 1. The van der Waals surface area contributed by atoms with Gasteiger partial charge in [0.2, 0.25) is 0 Å². The van der Waals surface area contributed by atoms with Gasteiger partial charge < -0.3 is 4.98 Å². The van der Waals surface area contributed by atoms with Gasteiger partial charge in [0.1, 0.15) is 0 Å². The van der Waals surface area contributed by atoms with Crippen LogP contribution in [0.4, 0.5) is 0 Å². The first-order valence-electron chi connectivity index (χ1n) is 6.59. The summed E-state index contributed by atoms with van der Waals surface area (Å²) in [5.74, 6) is 0.464. The van der Waals surface area contributed by atoms with Gasteiger partial charge in [-0.05, 0) is 60.7 Å². The largest absolute Gasteiger partial charge is 0.337 e.